The van der Waals surface area contributed by atoms with Crippen LogP contribution in [0.2, 0.25) is 0 Å². The Morgan fingerprint density at radius 2 is 1.14 bits per heavy atom. The number of urea groups is 1. The number of aliphatic imine (C=N–C) groups is 1. The van der Waals surface area contributed by atoms with Crippen molar-refractivity contribution in [3.63, 3.8) is 0 Å². The van der Waals surface area contributed by atoms with Gasteiger partial charge >= 0.3 is 6.03 Å². The molecule has 0 saturated carbocycles. The van der Waals surface area contributed by atoms with E-state index in [0.717, 1.165) is 16.8 Å². The van der Waals surface area contributed by atoms with Crippen LogP contribution in [0.15, 0.2) is 133 Å². The molecule has 1 aliphatic heterocycles. The molecule has 6 rings (SSSR count). The molecule has 7 heteroatoms. The lowest BCUT2D eigenvalue weighted by molar-refractivity contribution is 0.103. The Balaban J connectivity index is 1.12. The molecule has 0 unspecified atom stereocenters. The van der Waals surface area contributed by atoms with Crippen molar-refractivity contribution in [2.24, 2.45) is 4.99 Å². The van der Waals surface area contributed by atoms with Crippen molar-refractivity contribution in [2.75, 3.05) is 0 Å². The molecule has 0 spiro atoms. The molecule has 2 amide bonds. The topological polar surface area (TPSA) is 84.6 Å². The van der Waals surface area contributed by atoms with Crippen molar-refractivity contribution in [1.29, 1.82) is 0 Å². The lowest BCUT2D eigenvalue weighted by atomic mass is 10.0. The fourth-order valence-electron chi connectivity index (χ4n) is 5.07. The number of rotatable bonds is 9. The Hall–Kier alpha value is -5.69. The summed E-state index contributed by atoms with van der Waals surface area (Å²) >= 11 is 0. The third-order valence-electron chi connectivity index (χ3n) is 7.56. The second-order valence-corrected chi connectivity index (χ2v) is 10.4. The highest BCUT2D eigenvalue weighted by Crippen LogP contribution is 2.25. The first-order valence-corrected chi connectivity index (χ1v) is 13.9. The van der Waals surface area contributed by atoms with Gasteiger partial charge in [0.05, 0.1) is 18.6 Å². The number of benzene rings is 4. The fourth-order valence-corrected chi connectivity index (χ4v) is 5.07. The summed E-state index contributed by atoms with van der Waals surface area (Å²) in [6.45, 7) is 6.90. The van der Waals surface area contributed by atoms with Gasteiger partial charge in [-0.3, -0.25) is 14.5 Å². The van der Waals surface area contributed by atoms with Crippen LogP contribution in [0, 0.1) is 6.92 Å². The smallest absolute Gasteiger partial charge is 0.330 e. The van der Waals surface area contributed by atoms with Gasteiger partial charge in [0.15, 0.2) is 11.6 Å². The van der Waals surface area contributed by atoms with E-state index in [1.165, 1.54) is 4.90 Å². The van der Waals surface area contributed by atoms with Gasteiger partial charge in [-0.05, 0) is 18.1 Å². The highest BCUT2D eigenvalue weighted by atomic mass is 16.2. The Bertz CT molecular complexity index is 1870. The molecule has 0 bridgehead atoms. The Labute approximate surface area is 249 Å². The van der Waals surface area contributed by atoms with E-state index in [9.17, 15) is 14.4 Å². The number of carbonyl (C=O) groups excluding carboxylic acids is 3. The zero-order chi connectivity index (χ0) is 29.9. The normalized spacial score (nSPS) is 12.9. The predicted molar refractivity (Wildman–Crippen MR) is 165 cm³/mol. The number of imidazole rings is 1. The summed E-state index contributed by atoms with van der Waals surface area (Å²) < 4.78 is 1.98. The summed E-state index contributed by atoms with van der Waals surface area (Å²) in [5, 5.41) is 0. The molecule has 2 heterocycles. The van der Waals surface area contributed by atoms with E-state index < -0.39 is 6.03 Å². The second-order valence-electron chi connectivity index (χ2n) is 10.4. The van der Waals surface area contributed by atoms with Gasteiger partial charge in [-0.1, -0.05) is 116 Å². The molecule has 43 heavy (non-hydrogen) atoms. The molecule has 1 aromatic heterocycles. The van der Waals surface area contributed by atoms with Gasteiger partial charge in [0.2, 0.25) is 0 Å². The number of allylic oxidation sites excluding steroid dienone is 1. The Kier molecular flexibility index (Phi) is 7.45. The first-order chi connectivity index (χ1) is 20.9. The van der Waals surface area contributed by atoms with Crippen LogP contribution in [0.1, 0.15) is 54.4 Å². The van der Waals surface area contributed by atoms with Crippen molar-refractivity contribution in [3.8, 4) is 0 Å². The monoisotopic (exact) mass is 564 g/mol. The molecule has 7 nitrogen and oxygen atoms in total. The van der Waals surface area contributed by atoms with Crippen molar-refractivity contribution < 1.29 is 14.4 Å². The summed E-state index contributed by atoms with van der Waals surface area (Å²) in [6.07, 6.45) is 1.72. The maximum atomic E-state index is 12.9. The lowest BCUT2D eigenvalue weighted by Crippen LogP contribution is -2.24. The number of carbonyl (C=O) groups is 3. The molecule has 0 atom stereocenters. The number of hydrogen-bond acceptors (Lipinski definition) is 4. The summed E-state index contributed by atoms with van der Waals surface area (Å²) in [5.41, 5.74) is 6.73. The molecule has 0 aliphatic carbocycles. The average molecular weight is 565 g/mol. The number of ketones is 2. The number of nitrogens with zero attached hydrogens (tertiary/aromatic N) is 4. The molecule has 4 aromatic carbocycles. The van der Waals surface area contributed by atoms with Crippen LogP contribution in [0.25, 0.3) is 0 Å². The largest absolute Gasteiger partial charge is 0.349 e. The fraction of sp³-hybridized carbons (Fsp3) is 0.0833. The molecular weight excluding hydrogens is 536 g/mol. The van der Waals surface area contributed by atoms with E-state index in [-0.39, 0.29) is 18.1 Å². The van der Waals surface area contributed by atoms with Crippen LogP contribution in [-0.4, -0.2) is 37.8 Å². The van der Waals surface area contributed by atoms with Gasteiger partial charge < -0.3 is 4.57 Å². The van der Waals surface area contributed by atoms with Gasteiger partial charge in [0, 0.05) is 34.5 Å². The Morgan fingerprint density at radius 1 is 0.674 bits per heavy atom. The standard InChI is InChI=1S/C36H28N4O3/c1-24-32(37-23-39(24)21-26-13-17-30(18-14-26)34(41)28-9-5-3-6-10-28)33-25(2)40(36(43)38-33)22-27-15-19-31(20-16-27)35(42)29-11-7-4-8-12-29/h3-20,23H,2,21-22H2,1H3. The third kappa shape index (κ3) is 5.61. The summed E-state index contributed by atoms with van der Waals surface area (Å²) in [6, 6.07) is 32.7. The van der Waals surface area contributed by atoms with Crippen molar-refractivity contribution in [3.05, 3.63) is 173 Å². The maximum absolute atomic E-state index is 12.9. The van der Waals surface area contributed by atoms with Gasteiger partial charge in [0.25, 0.3) is 0 Å². The van der Waals surface area contributed by atoms with Crippen LogP contribution in [-0.2, 0) is 13.1 Å². The van der Waals surface area contributed by atoms with Crippen LogP contribution >= 0.6 is 0 Å². The minimum absolute atomic E-state index is 0.0168. The van der Waals surface area contributed by atoms with Crippen LogP contribution in [0.5, 0.6) is 0 Å². The quantitative estimate of drug-likeness (QED) is 0.188. The highest BCUT2D eigenvalue weighted by molar-refractivity contribution is 6.20. The van der Waals surface area contributed by atoms with Gasteiger partial charge in [-0.2, -0.15) is 4.99 Å². The van der Waals surface area contributed by atoms with Crippen LogP contribution < -0.4 is 0 Å². The minimum Gasteiger partial charge on any atom is -0.330 e. The van der Waals surface area contributed by atoms with E-state index in [1.807, 2.05) is 96.4 Å². The summed E-state index contributed by atoms with van der Waals surface area (Å²) in [5.74, 6) is -0.0704. The third-order valence-corrected chi connectivity index (χ3v) is 7.56. The number of hydrogen-bond donors (Lipinski definition) is 0. The Morgan fingerprint density at radius 3 is 1.65 bits per heavy atom. The van der Waals surface area contributed by atoms with Crippen LogP contribution in [0.3, 0.4) is 0 Å². The van der Waals surface area contributed by atoms with E-state index in [4.69, 9.17) is 0 Å². The van der Waals surface area contributed by atoms with Crippen molar-refractivity contribution in [2.45, 2.75) is 20.0 Å². The molecule has 210 valence electrons. The second kappa shape index (κ2) is 11.7. The average Bonchev–Trinajstić information content (AvgIpc) is 3.54. The van der Waals surface area contributed by atoms with E-state index in [0.29, 0.717) is 45.9 Å². The van der Waals surface area contributed by atoms with Gasteiger partial charge in [-0.25, -0.2) is 9.78 Å². The van der Waals surface area contributed by atoms with Crippen molar-refractivity contribution >= 4 is 23.3 Å². The zero-order valence-corrected chi connectivity index (χ0v) is 23.6. The SMILES string of the molecule is C=C1C(c2ncn(Cc3ccc(C(=O)c4ccccc4)cc3)c2C)=NC(=O)N1Cc1ccc(C(=O)c2ccccc2)cc1. The van der Waals surface area contributed by atoms with E-state index in [2.05, 4.69) is 16.6 Å². The maximum Gasteiger partial charge on any atom is 0.349 e. The molecule has 0 fully saturated rings. The molecule has 0 N–H and O–H groups in total. The first kappa shape index (κ1) is 27.5. The van der Waals surface area contributed by atoms with E-state index in [1.54, 1.807) is 30.6 Å². The molecular formula is C36H28N4O3. The van der Waals surface area contributed by atoms with Gasteiger partial charge in [0.1, 0.15) is 11.4 Å². The number of aromatic nitrogens is 2. The summed E-state index contributed by atoms with van der Waals surface area (Å²) in [7, 11) is 0. The van der Waals surface area contributed by atoms with Gasteiger partial charge in [-0.15, -0.1) is 0 Å². The minimum atomic E-state index is -0.405. The predicted octanol–water partition coefficient (Wildman–Crippen LogP) is 6.64. The van der Waals surface area contributed by atoms with Crippen LogP contribution in [0.4, 0.5) is 4.79 Å². The molecule has 0 saturated heterocycles. The van der Waals surface area contributed by atoms with Crippen molar-refractivity contribution in [1.82, 2.24) is 14.5 Å². The van der Waals surface area contributed by atoms with E-state index >= 15 is 0 Å². The molecule has 1 aliphatic rings. The lowest BCUT2D eigenvalue weighted by Gasteiger charge is -2.17. The molecule has 0 radical (unpaired) electrons. The zero-order valence-electron chi connectivity index (χ0n) is 23.6. The first-order valence-electron chi connectivity index (χ1n) is 13.9. The highest BCUT2D eigenvalue weighted by Gasteiger charge is 2.31. The number of amides is 2. The molecule has 5 aromatic rings. The summed E-state index contributed by atoms with van der Waals surface area (Å²) in [4.78, 5) is 48.7.